The number of halogens is 3. The highest BCUT2D eigenvalue weighted by Gasteiger charge is 2.54. The summed E-state index contributed by atoms with van der Waals surface area (Å²) in [7, 11) is -0.768. The van der Waals surface area contributed by atoms with Gasteiger partial charge in [-0.3, -0.25) is 9.59 Å². The first-order chi connectivity index (χ1) is 69.4. The van der Waals surface area contributed by atoms with E-state index in [0.29, 0.717) is 4.47 Å². The molecule has 752 valence electrons. The van der Waals surface area contributed by atoms with Crippen molar-refractivity contribution in [3.63, 3.8) is 0 Å². The highest BCUT2D eigenvalue weighted by atomic mass is 79.9. The summed E-state index contributed by atoms with van der Waals surface area (Å²) in [5, 5.41) is 19.5. The minimum Gasteiger partial charge on any atom is -0.475 e. The third-order valence-electron chi connectivity index (χ3n) is 25.3. The van der Waals surface area contributed by atoms with E-state index in [-0.39, 0.29) is 84.1 Å². The van der Waals surface area contributed by atoms with Crippen LogP contribution in [0.3, 0.4) is 0 Å². The Morgan fingerprint density at radius 3 is 1.04 bits per heavy atom. The molecule has 144 heavy (non-hydrogen) atoms. The molecular weight excluding hydrogens is 2020 g/mol. The van der Waals surface area contributed by atoms with Gasteiger partial charge >= 0.3 is 20.2 Å². The fraction of sp³-hybridized carbons (Fsp3) is 0.346. The van der Waals surface area contributed by atoms with E-state index in [0.717, 1.165) is 214 Å². The van der Waals surface area contributed by atoms with Gasteiger partial charge in [-0.25, -0.2) is 59.6 Å². The lowest BCUT2D eigenvalue weighted by Gasteiger charge is -2.32. The standard InChI is InChI=1S/C24H24N6O2.2C17H24BN3O3.C13H12BrN3O.C11H13N3O.C8H11N.C7H5BrN2.C5H3BrN2O2.C2H6/c1-16(17-5-3-2-4-6-17)29-24(31)23-25-12-18(13-26-23)21-15-28-22-20(21)11-19(14-27-22)30-7-9-32-10-8-30;2*1-16(2)17(3,4)24-18(23-16)14-11-20-15-13(14)9-12(10-19-15)21-5-7-22-8-6-21;1-9(10-5-3-2-4-6-10)17-13(18)12-15-7-11(14)8-16-12;1-2-12-11-9(1)7-10(8-13-11)14-3-5-15-6-4-14;1-7(9)8-5-3-2-4-6-8;8-6-3-5-1-2-9-7(5)10-4-6;6-3-1-7-4(5(9)10)8-2-3;1-2/h2-6,11-16H,7-10H2,1H3,(H,27,28)(H,29,31);2*9-11H,5-8H2,1-4H3,(H,19,20);2-9H,1H3,(H,17,18);1-2,7-8H,3-6H2,(H,12,13);2-7H,9H2,1H3;1-4H,(H,9,10);1-2H,(H,9,10);1-2H3/t16-;;;9-;;7-;;;/m1..1.1.../s1. The van der Waals surface area contributed by atoms with E-state index in [1.54, 1.807) is 31.0 Å². The maximum atomic E-state index is 12.6. The second kappa shape index (κ2) is 50.1. The Kier molecular flexibility index (Phi) is 37.2. The molecular formula is C104H122B2Br3N23O12. The number of H-pyrrole nitrogens is 5. The van der Waals surface area contributed by atoms with E-state index in [1.165, 1.54) is 29.0 Å². The van der Waals surface area contributed by atoms with E-state index in [1.807, 2.05) is 200 Å². The lowest BCUT2D eigenvalue weighted by atomic mass is 9.79. The number of hydrogen-bond donors (Lipinski definition) is 9. The first-order valence-corrected chi connectivity index (χ1v) is 50.3. The maximum absolute atomic E-state index is 12.6. The van der Waals surface area contributed by atoms with Gasteiger partial charge in [0.2, 0.25) is 17.5 Å². The lowest BCUT2D eigenvalue weighted by molar-refractivity contribution is 0.00578. The predicted molar refractivity (Wildman–Crippen MR) is 574 cm³/mol. The molecule has 2 amide bonds. The van der Waals surface area contributed by atoms with Crippen molar-refractivity contribution in [2.75, 3.05) is 125 Å². The van der Waals surface area contributed by atoms with Crippen LogP contribution in [0, 0.1) is 0 Å². The number of benzene rings is 3. The Balaban J connectivity index is 0.000000134. The number of ether oxygens (including phenoxy) is 4. The third kappa shape index (κ3) is 28.0. The number of nitrogens with one attached hydrogen (secondary N) is 7. The number of hydrogen-bond acceptors (Lipinski definition) is 27. The molecule has 22 rings (SSSR count). The van der Waals surface area contributed by atoms with Crippen LogP contribution in [-0.2, 0) is 37.6 Å². The molecule has 0 unspecified atom stereocenters. The molecule has 6 fully saturated rings. The number of nitrogens with two attached hydrogens (primary N) is 1. The highest BCUT2D eigenvalue weighted by molar-refractivity contribution is 9.11. The molecule has 0 bridgehead atoms. The summed E-state index contributed by atoms with van der Waals surface area (Å²) in [5.74, 6) is -1.58. The quantitative estimate of drug-likeness (QED) is 0.0430. The van der Waals surface area contributed by atoms with Crippen molar-refractivity contribution >= 4 is 169 Å². The van der Waals surface area contributed by atoms with E-state index in [4.69, 9.17) is 48.4 Å². The Labute approximate surface area is 862 Å². The molecule has 35 nitrogen and oxygen atoms in total. The molecule has 10 N–H and O–H groups in total. The highest BCUT2D eigenvalue weighted by Crippen LogP contribution is 2.40. The molecule has 0 radical (unpaired) electrons. The fourth-order valence-electron chi connectivity index (χ4n) is 15.8. The zero-order valence-corrected chi connectivity index (χ0v) is 87.8. The summed E-state index contributed by atoms with van der Waals surface area (Å²) in [6.07, 6.45) is 28.2. The van der Waals surface area contributed by atoms with Crippen molar-refractivity contribution in [2.45, 2.75) is 131 Å². The second-order valence-electron chi connectivity index (χ2n) is 36.2. The van der Waals surface area contributed by atoms with Crippen molar-refractivity contribution in [3.05, 3.63) is 280 Å². The van der Waals surface area contributed by atoms with Gasteiger partial charge in [0.1, 0.15) is 28.2 Å². The van der Waals surface area contributed by atoms with Gasteiger partial charge in [0.05, 0.1) is 144 Å². The van der Waals surface area contributed by atoms with E-state index < -0.39 is 5.97 Å². The lowest BCUT2D eigenvalue weighted by Crippen LogP contribution is -2.41. The van der Waals surface area contributed by atoms with Crippen LogP contribution in [0.2, 0.25) is 0 Å². The number of aromatic nitrogens is 16. The van der Waals surface area contributed by atoms with Crippen LogP contribution >= 0.6 is 47.8 Å². The summed E-state index contributed by atoms with van der Waals surface area (Å²) >= 11 is 9.64. The van der Waals surface area contributed by atoms with Gasteiger partial charge in [-0.05, 0) is 183 Å². The molecule has 19 heterocycles. The number of anilines is 4. The normalized spacial score (nSPS) is 16.6. The minimum absolute atomic E-state index is 0.0778. The number of aromatic amines is 5. The molecule has 6 aliphatic rings. The number of pyridine rings is 5. The van der Waals surface area contributed by atoms with Crippen LogP contribution < -0.4 is 46.9 Å². The maximum Gasteiger partial charge on any atom is 0.497 e. The first-order valence-electron chi connectivity index (χ1n) is 47.9. The summed E-state index contributed by atoms with van der Waals surface area (Å²) in [6, 6.07) is 44.3. The molecule has 3 atom stereocenters. The fourth-order valence-corrected chi connectivity index (χ4v) is 16.5. The zero-order valence-electron chi connectivity index (χ0n) is 83.0. The van der Waals surface area contributed by atoms with Crippen LogP contribution in [0.15, 0.2) is 246 Å². The molecule has 0 spiro atoms. The monoisotopic (exact) mass is 2140 g/mol. The Morgan fingerprint density at radius 2 is 0.681 bits per heavy atom. The van der Waals surface area contributed by atoms with Crippen molar-refractivity contribution in [3.8, 4) is 11.1 Å². The Bertz CT molecular complexity index is 6650. The first kappa shape index (κ1) is 107. The molecule has 0 saturated carbocycles. The van der Waals surface area contributed by atoms with Gasteiger partial charge in [0, 0.05) is 186 Å². The number of carbonyl (C=O) groups is 3. The van der Waals surface area contributed by atoms with Crippen molar-refractivity contribution in [2.24, 2.45) is 5.73 Å². The number of carboxylic acid groups (broad SMARTS) is 1. The van der Waals surface area contributed by atoms with E-state index >= 15 is 0 Å². The van der Waals surface area contributed by atoms with Gasteiger partial charge in [-0.1, -0.05) is 105 Å². The smallest absolute Gasteiger partial charge is 0.475 e. The third-order valence-corrected chi connectivity index (χ3v) is 26.6. The number of aromatic carboxylic acids is 1. The van der Waals surface area contributed by atoms with Crippen LogP contribution in [0.4, 0.5) is 22.7 Å². The van der Waals surface area contributed by atoms with Gasteiger partial charge in [-0.15, -0.1) is 0 Å². The number of carbonyl (C=O) groups excluding carboxylic acids is 2. The summed E-state index contributed by atoms with van der Waals surface area (Å²) in [5.41, 5.74) is 20.1. The molecule has 3 aromatic carbocycles. The van der Waals surface area contributed by atoms with E-state index in [2.05, 4.69) is 237 Å². The van der Waals surface area contributed by atoms with Crippen molar-refractivity contribution < 1.29 is 57.1 Å². The zero-order chi connectivity index (χ0) is 102. The van der Waals surface area contributed by atoms with Crippen molar-refractivity contribution in [1.29, 1.82) is 0 Å². The SMILES string of the molecule is Brc1cnc2[nH]ccc2c1.CC.CC1(C)OB(c2c[nH]c3ncc(N4CCOCC4)cc23)OC1(C)C.CC1(C)OB(c2c[nH]c3ncc(N4CCOCC4)cc23)OC1(C)C.C[C@@H](N)c1ccccc1.C[C@@H](NC(=O)c1ncc(-c2c[nH]c3ncc(N4CCOCC4)cc23)cn1)c1ccccc1.C[C@@H](NC(=O)c1ncc(Br)cn1)c1ccccc1.O=C(O)c1ncc(Br)cn1.c1cc2cc(N3CCOCC3)cnc2[nH]1. The topological polar surface area (TPSA) is 429 Å². The molecule has 40 heteroatoms. The molecule has 13 aromatic heterocycles. The largest absolute Gasteiger partial charge is 0.497 e. The number of fused-ring (bicyclic) bond motifs is 5. The van der Waals surface area contributed by atoms with Crippen LogP contribution in [0.1, 0.15) is 157 Å². The minimum atomic E-state index is -1.12. The van der Waals surface area contributed by atoms with Crippen LogP contribution in [0.5, 0.6) is 0 Å². The number of morpholine rings is 4. The van der Waals surface area contributed by atoms with Crippen LogP contribution in [0.25, 0.3) is 66.3 Å². The number of nitrogens with zero attached hydrogens (tertiary/aromatic N) is 15. The van der Waals surface area contributed by atoms with E-state index in [9.17, 15) is 14.4 Å². The molecule has 6 saturated heterocycles. The summed E-state index contributed by atoms with van der Waals surface area (Å²) < 4.78 is 48.9. The number of rotatable bonds is 15. The predicted octanol–water partition coefficient (Wildman–Crippen LogP) is 16.9. The molecule has 0 aliphatic carbocycles. The average molecular weight is 2150 g/mol. The van der Waals surface area contributed by atoms with Gasteiger partial charge in [0.25, 0.3) is 11.8 Å². The molecule has 16 aromatic rings. The Hall–Kier alpha value is -12.8. The molecule has 6 aliphatic heterocycles. The second-order valence-corrected chi connectivity index (χ2v) is 38.9. The van der Waals surface area contributed by atoms with Crippen molar-refractivity contribution in [1.82, 2.24) is 90.4 Å². The summed E-state index contributed by atoms with van der Waals surface area (Å²) in [6.45, 7) is 39.7. The van der Waals surface area contributed by atoms with Crippen LogP contribution in [-0.4, -0.2) is 244 Å². The number of amides is 2. The van der Waals surface area contributed by atoms with Gasteiger partial charge in [-0.2, -0.15) is 0 Å². The Morgan fingerprint density at radius 1 is 0.375 bits per heavy atom. The van der Waals surface area contributed by atoms with Gasteiger partial charge < -0.3 is 104 Å². The number of carboxylic acids is 1. The average Bonchev–Trinajstić information content (AvgIpc) is 1.60. The summed E-state index contributed by atoms with van der Waals surface area (Å²) in [4.78, 5) is 105. The van der Waals surface area contributed by atoms with Gasteiger partial charge in [0.15, 0.2) is 0 Å².